The second-order valence-electron chi connectivity index (χ2n) is 5.16. The fourth-order valence-electron chi connectivity index (χ4n) is 2.35. The van der Waals surface area contributed by atoms with Gasteiger partial charge in [-0.25, -0.2) is 4.39 Å². The molecule has 22 heavy (non-hydrogen) atoms. The van der Waals surface area contributed by atoms with Crippen LogP contribution in [0.2, 0.25) is 0 Å². The first-order valence-corrected chi connectivity index (χ1v) is 7.15. The highest BCUT2D eigenvalue weighted by Crippen LogP contribution is 2.17. The first-order valence-electron chi connectivity index (χ1n) is 7.15. The van der Waals surface area contributed by atoms with Crippen LogP contribution in [0.5, 0.6) is 0 Å². The zero-order valence-electron chi connectivity index (χ0n) is 12.1. The number of benzene rings is 2. The van der Waals surface area contributed by atoms with Crippen molar-refractivity contribution in [2.24, 2.45) is 5.11 Å². The standard InChI is InChI=1S/C17H18FN3O/c18-15(11-13-7-3-1-4-8-13)17(22)16(20-21-19)12-14-9-5-2-6-10-14/h1-10,15-17,22H,11-12H2. The van der Waals surface area contributed by atoms with E-state index in [1.165, 1.54) is 0 Å². The molecular formula is C17H18FN3O. The Morgan fingerprint density at radius 1 is 0.955 bits per heavy atom. The van der Waals surface area contributed by atoms with Crippen LogP contribution in [0.25, 0.3) is 10.4 Å². The summed E-state index contributed by atoms with van der Waals surface area (Å²) in [5, 5.41) is 13.8. The highest BCUT2D eigenvalue weighted by atomic mass is 19.1. The van der Waals surface area contributed by atoms with Crippen molar-refractivity contribution in [3.8, 4) is 0 Å². The largest absolute Gasteiger partial charge is 0.390 e. The van der Waals surface area contributed by atoms with Gasteiger partial charge in [0, 0.05) is 11.3 Å². The number of halogens is 1. The number of azide groups is 1. The quantitative estimate of drug-likeness (QED) is 0.471. The highest BCUT2D eigenvalue weighted by Gasteiger charge is 2.27. The van der Waals surface area contributed by atoms with Gasteiger partial charge in [0.2, 0.25) is 0 Å². The van der Waals surface area contributed by atoms with Gasteiger partial charge in [-0.3, -0.25) is 0 Å². The Labute approximate surface area is 128 Å². The van der Waals surface area contributed by atoms with E-state index in [2.05, 4.69) is 10.0 Å². The van der Waals surface area contributed by atoms with Crippen molar-refractivity contribution in [3.05, 3.63) is 82.2 Å². The van der Waals surface area contributed by atoms with Crippen molar-refractivity contribution < 1.29 is 9.50 Å². The van der Waals surface area contributed by atoms with Crippen molar-refractivity contribution in [2.45, 2.75) is 31.2 Å². The third-order valence-electron chi connectivity index (χ3n) is 3.53. The molecule has 2 aromatic carbocycles. The molecule has 0 radical (unpaired) electrons. The maximum absolute atomic E-state index is 14.3. The zero-order chi connectivity index (χ0) is 15.8. The summed E-state index contributed by atoms with van der Waals surface area (Å²) in [5.41, 5.74) is 10.4. The average molecular weight is 299 g/mol. The minimum absolute atomic E-state index is 0.0915. The molecule has 3 atom stereocenters. The third-order valence-corrected chi connectivity index (χ3v) is 3.53. The average Bonchev–Trinajstić information content (AvgIpc) is 2.55. The smallest absolute Gasteiger partial charge is 0.130 e. The molecule has 114 valence electrons. The van der Waals surface area contributed by atoms with Crippen LogP contribution < -0.4 is 0 Å². The second-order valence-corrected chi connectivity index (χ2v) is 5.16. The highest BCUT2D eigenvalue weighted by molar-refractivity contribution is 5.18. The summed E-state index contributed by atoms with van der Waals surface area (Å²) in [6, 6.07) is 17.6. The molecule has 5 heteroatoms. The number of nitrogens with zero attached hydrogens (tertiary/aromatic N) is 3. The van der Waals surface area contributed by atoms with Crippen molar-refractivity contribution in [1.29, 1.82) is 0 Å². The number of alkyl halides is 1. The lowest BCUT2D eigenvalue weighted by molar-refractivity contribution is 0.0566. The molecule has 0 fully saturated rings. The number of hydrogen-bond acceptors (Lipinski definition) is 2. The summed E-state index contributed by atoms with van der Waals surface area (Å²) < 4.78 is 14.3. The molecule has 0 saturated heterocycles. The van der Waals surface area contributed by atoms with Crippen LogP contribution in [-0.4, -0.2) is 23.4 Å². The normalized spacial score (nSPS) is 14.6. The molecule has 3 unspecified atom stereocenters. The minimum Gasteiger partial charge on any atom is -0.390 e. The summed E-state index contributed by atoms with van der Waals surface area (Å²) in [6.07, 6.45) is -2.42. The fraction of sp³-hybridized carbons (Fsp3) is 0.294. The molecule has 0 aromatic heterocycles. The van der Waals surface area contributed by atoms with Crippen LogP contribution in [0.15, 0.2) is 65.8 Å². The molecule has 0 aliphatic carbocycles. The minimum atomic E-state index is -1.48. The molecule has 4 nitrogen and oxygen atoms in total. The number of aliphatic hydroxyl groups excluding tert-OH is 1. The number of hydrogen-bond donors (Lipinski definition) is 1. The van der Waals surface area contributed by atoms with E-state index in [1.807, 2.05) is 48.5 Å². The van der Waals surface area contributed by atoms with Crippen molar-refractivity contribution in [3.63, 3.8) is 0 Å². The van der Waals surface area contributed by atoms with Gasteiger partial charge in [0.25, 0.3) is 0 Å². The van der Waals surface area contributed by atoms with Crippen LogP contribution in [0, 0.1) is 0 Å². The zero-order valence-corrected chi connectivity index (χ0v) is 12.1. The molecule has 0 bridgehead atoms. The molecule has 0 heterocycles. The predicted octanol–water partition coefficient (Wildman–Crippen LogP) is 3.85. The Bertz CT molecular complexity index is 614. The van der Waals surface area contributed by atoms with Crippen LogP contribution in [0.4, 0.5) is 4.39 Å². The summed E-state index contributed by atoms with van der Waals surface area (Å²) in [4.78, 5) is 2.74. The second kappa shape index (κ2) is 8.17. The molecule has 0 amide bonds. The topological polar surface area (TPSA) is 69.0 Å². The maximum Gasteiger partial charge on any atom is 0.130 e. The molecule has 0 aliphatic rings. The van der Waals surface area contributed by atoms with Gasteiger partial charge in [-0.15, -0.1) is 0 Å². The lowest BCUT2D eigenvalue weighted by atomic mass is 9.96. The van der Waals surface area contributed by atoms with E-state index in [9.17, 15) is 9.50 Å². The lowest BCUT2D eigenvalue weighted by Gasteiger charge is -2.22. The van der Waals surface area contributed by atoms with Gasteiger partial charge < -0.3 is 5.11 Å². The predicted molar refractivity (Wildman–Crippen MR) is 84.1 cm³/mol. The van der Waals surface area contributed by atoms with Crippen LogP contribution in [-0.2, 0) is 12.8 Å². The van der Waals surface area contributed by atoms with Crippen molar-refractivity contribution >= 4 is 0 Å². The summed E-state index contributed by atoms with van der Waals surface area (Å²) >= 11 is 0. The Morgan fingerprint density at radius 3 is 1.95 bits per heavy atom. The molecule has 0 aliphatic heterocycles. The van der Waals surface area contributed by atoms with Crippen LogP contribution in [0.3, 0.4) is 0 Å². The Morgan fingerprint density at radius 2 is 1.45 bits per heavy atom. The van der Waals surface area contributed by atoms with E-state index in [4.69, 9.17) is 5.53 Å². The third kappa shape index (κ3) is 4.58. The van der Waals surface area contributed by atoms with E-state index < -0.39 is 18.3 Å². The van der Waals surface area contributed by atoms with Gasteiger partial charge in [-0.1, -0.05) is 65.8 Å². The summed E-state index contributed by atoms with van der Waals surface area (Å²) in [6.45, 7) is 0. The van der Waals surface area contributed by atoms with Gasteiger partial charge in [-0.05, 0) is 23.1 Å². The van der Waals surface area contributed by atoms with Gasteiger partial charge in [0.15, 0.2) is 0 Å². The molecule has 0 saturated carbocycles. The Hall–Kier alpha value is -2.36. The molecule has 0 spiro atoms. The van der Waals surface area contributed by atoms with E-state index in [0.717, 1.165) is 11.1 Å². The van der Waals surface area contributed by atoms with Gasteiger partial charge in [0.1, 0.15) is 6.17 Å². The first kappa shape index (κ1) is 16.0. The molecule has 2 rings (SSSR count). The van der Waals surface area contributed by atoms with E-state index in [-0.39, 0.29) is 6.42 Å². The first-order chi connectivity index (χ1) is 10.7. The van der Waals surface area contributed by atoms with Crippen LogP contribution >= 0.6 is 0 Å². The van der Waals surface area contributed by atoms with E-state index in [1.54, 1.807) is 12.1 Å². The van der Waals surface area contributed by atoms with Crippen molar-refractivity contribution in [1.82, 2.24) is 0 Å². The Balaban J connectivity index is 2.05. The van der Waals surface area contributed by atoms with Gasteiger partial charge in [0.05, 0.1) is 12.1 Å². The number of rotatable bonds is 7. The molecule has 1 N–H and O–H groups in total. The molecule has 2 aromatic rings. The van der Waals surface area contributed by atoms with Gasteiger partial charge in [-0.2, -0.15) is 0 Å². The van der Waals surface area contributed by atoms with Gasteiger partial charge >= 0.3 is 0 Å². The number of aliphatic hydroxyl groups is 1. The Kier molecular flexibility index (Phi) is 5.95. The van der Waals surface area contributed by atoms with Crippen molar-refractivity contribution in [2.75, 3.05) is 0 Å². The SMILES string of the molecule is [N-]=[N+]=NC(Cc1ccccc1)C(O)C(F)Cc1ccccc1. The van der Waals surface area contributed by atoms with E-state index in [0.29, 0.717) is 6.42 Å². The van der Waals surface area contributed by atoms with E-state index >= 15 is 0 Å². The lowest BCUT2D eigenvalue weighted by Crippen LogP contribution is -2.36. The van der Waals surface area contributed by atoms with Crippen LogP contribution in [0.1, 0.15) is 11.1 Å². The summed E-state index contributed by atoms with van der Waals surface area (Å²) in [5.74, 6) is 0. The summed E-state index contributed by atoms with van der Waals surface area (Å²) in [7, 11) is 0. The monoisotopic (exact) mass is 299 g/mol. The molecular weight excluding hydrogens is 281 g/mol. The maximum atomic E-state index is 14.3. The fourth-order valence-corrected chi connectivity index (χ4v) is 2.35.